The minimum Gasteiger partial charge on any atom is -0.348 e. The minimum atomic E-state index is -3.97. The molecule has 4 aromatic heterocycles. The summed E-state index contributed by atoms with van der Waals surface area (Å²) in [4.78, 5) is 57.9. The second-order valence-electron chi connectivity index (χ2n) is 8.94. The highest BCUT2D eigenvalue weighted by Gasteiger charge is 2.48. The molecule has 0 saturated carbocycles. The molecule has 1 saturated heterocycles. The maximum absolute atomic E-state index is 12.4. The Kier molecular flexibility index (Phi) is 7.44. The van der Waals surface area contributed by atoms with Crippen molar-refractivity contribution in [2.75, 3.05) is 13.2 Å². The van der Waals surface area contributed by atoms with Crippen molar-refractivity contribution in [3.8, 4) is 0 Å². The lowest BCUT2D eigenvalue weighted by atomic mass is 10.1. The summed E-state index contributed by atoms with van der Waals surface area (Å²) in [5.41, 5.74) is 7.22. The van der Waals surface area contributed by atoms with Gasteiger partial charge < -0.3 is 43.4 Å². The maximum Gasteiger partial charge on any atom is 0.325 e. The van der Waals surface area contributed by atoms with E-state index in [0.717, 1.165) is 0 Å². The van der Waals surface area contributed by atoms with E-state index in [1.54, 1.807) is 11.5 Å². The van der Waals surface area contributed by atoms with Crippen LogP contribution in [0.2, 0.25) is 0 Å². The third-order valence-corrected chi connectivity index (χ3v) is 9.46. The fourth-order valence-electron chi connectivity index (χ4n) is 4.51. The van der Waals surface area contributed by atoms with E-state index in [1.807, 2.05) is 0 Å². The van der Waals surface area contributed by atoms with Crippen LogP contribution in [0.25, 0.3) is 22.3 Å². The van der Waals surface area contributed by atoms with E-state index >= 15 is 0 Å². The fourth-order valence-corrected chi connectivity index (χ4v) is 6.99. The first-order valence-electron chi connectivity index (χ1n) is 11.8. The predicted molar refractivity (Wildman–Crippen MR) is 145 cm³/mol. The molecule has 5 N–H and O–H groups in total. The summed E-state index contributed by atoms with van der Waals surface area (Å²) >= 11 is 10.5. The van der Waals surface area contributed by atoms with Gasteiger partial charge in [0.1, 0.15) is 42.3 Å². The number of fused-ring (bicyclic) bond motifs is 6. The first kappa shape index (κ1) is 28.0. The Morgan fingerprint density at radius 2 is 1.98 bits per heavy atom. The Labute approximate surface area is 235 Å². The number of aromatic nitrogens is 8. The number of nitrogens with two attached hydrogens (primary N) is 1. The number of H-pyrrole nitrogens is 1. The van der Waals surface area contributed by atoms with Gasteiger partial charge in [0.25, 0.3) is 5.56 Å². The van der Waals surface area contributed by atoms with Gasteiger partial charge in [0.2, 0.25) is 0 Å². The number of hydrogen-bond acceptors (Lipinski definition) is 14. The molecule has 6 heterocycles. The Hall–Kier alpha value is -2.12. The summed E-state index contributed by atoms with van der Waals surface area (Å²) in [5, 5.41) is 0. The topological polar surface area (TPSA) is 220 Å². The molecular formula is C19H23N9O8P2S2. The van der Waals surface area contributed by atoms with Gasteiger partial charge in [-0.2, -0.15) is 0 Å². The lowest BCUT2D eigenvalue weighted by molar-refractivity contribution is -0.0456. The zero-order chi connectivity index (χ0) is 28.2. The van der Waals surface area contributed by atoms with Crippen molar-refractivity contribution >= 4 is 59.4 Å². The fraction of sp³-hybridized carbons (Fsp3) is 0.474. The van der Waals surface area contributed by atoms with Crippen molar-refractivity contribution < 1.29 is 32.6 Å². The molecule has 2 aliphatic rings. The van der Waals surface area contributed by atoms with Gasteiger partial charge in [0.05, 0.1) is 31.8 Å². The van der Waals surface area contributed by atoms with Crippen LogP contribution < -0.4 is 11.3 Å². The largest absolute Gasteiger partial charge is 0.348 e. The molecule has 6 atom stereocenters. The molecule has 17 nitrogen and oxygen atoms in total. The summed E-state index contributed by atoms with van der Waals surface area (Å²) in [5.74, 6) is 0.684. The number of hydrogen-bond donors (Lipinski definition) is 4. The predicted octanol–water partition coefficient (Wildman–Crippen LogP) is -0.125. The van der Waals surface area contributed by atoms with Gasteiger partial charge in [0.15, 0.2) is 23.0 Å². The van der Waals surface area contributed by atoms with Crippen LogP contribution in [-0.4, -0.2) is 80.3 Å². The van der Waals surface area contributed by atoms with Crippen LogP contribution in [-0.2, 0) is 59.6 Å². The van der Waals surface area contributed by atoms with Crippen LogP contribution in [0.3, 0.4) is 0 Å². The number of aromatic amines is 1. The zero-order valence-electron chi connectivity index (χ0n) is 20.6. The lowest BCUT2D eigenvalue weighted by Gasteiger charge is -2.26. The van der Waals surface area contributed by atoms with Crippen LogP contribution in [0, 0.1) is 6.92 Å². The normalized spacial score (nSPS) is 32.1. The molecule has 0 spiro atoms. The maximum atomic E-state index is 12.4. The first-order chi connectivity index (χ1) is 19.0. The van der Waals surface area contributed by atoms with E-state index in [-0.39, 0.29) is 37.5 Å². The molecule has 2 unspecified atom stereocenters. The Bertz CT molecular complexity index is 1750. The van der Waals surface area contributed by atoms with Gasteiger partial charge in [-0.3, -0.25) is 13.9 Å². The third-order valence-electron chi connectivity index (χ3n) is 6.30. The zero-order valence-corrected chi connectivity index (χ0v) is 24.1. The first-order valence-corrected chi connectivity index (χ1v) is 17.0. The number of nitrogens with one attached hydrogen (secondary N) is 1. The highest BCUT2D eigenvalue weighted by molar-refractivity contribution is 8.07. The monoisotopic (exact) mass is 631 g/mol. The van der Waals surface area contributed by atoms with E-state index in [0.29, 0.717) is 22.8 Å². The summed E-state index contributed by atoms with van der Waals surface area (Å²) < 4.78 is 31.9. The minimum absolute atomic E-state index is 0.0521. The van der Waals surface area contributed by atoms with Crippen molar-refractivity contribution in [2.24, 2.45) is 5.73 Å². The smallest absolute Gasteiger partial charge is 0.325 e. The van der Waals surface area contributed by atoms with Crippen molar-refractivity contribution in [3.05, 3.63) is 40.9 Å². The van der Waals surface area contributed by atoms with E-state index in [2.05, 4.69) is 29.9 Å². The van der Waals surface area contributed by atoms with Crippen molar-refractivity contribution in [1.29, 1.82) is 0 Å². The van der Waals surface area contributed by atoms with Gasteiger partial charge in [-0.1, -0.05) is 0 Å². The van der Waals surface area contributed by atoms with Crippen molar-refractivity contribution in [2.45, 2.75) is 44.6 Å². The lowest BCUT2D eigenvalue weighted by Crippen LogP contribution is -2.42. The van der Waals surface area contributed by atoms with Crippen LogP contribution >= 0.6 is 13.4 Å². The highest BCUT2D eigenvalue weighted by Crippen LogP contribution is 2.51. The van der Waals surface area contributed by atoms with Crippen molar-refractivity contribution in [3.63, 3.8) is 0 Å². The molecule has 2 aliphatic heterocycles. The summed E-state index contributed by atoms with van der Waals surface area (Å²) in [6, 6.07) is -0.955. The van der Waals surface area contributed by atoms with E-state index in [9.17, 15) is 14.6 Å². The van der Waals surface area contributed by atoms with Crippen molar-refractivity contribution in [1.82, 2.24) is 39.0 Å². The molecule has 4 aromatic rings. The average molecular weight is 632 g/mol. The Morgan fingerprint density at radius 1 is 1.15 bits per heavy atom. The highest BCUT2D eigenvalue weighted by atomic mass is 32.5. The third kappa shape index (κ3) is 5.40. The number of rotatable bonds is 1. The molecule has 2 bridgehead atoms. The molecule has 40 heavy (non-hydrogen) atoms. The number of imidazole rings is 2. The van der Waals surface area contributed by atoms with Crippen LogP contribution in [0.5, 0.6) is 0 Å². The molecule has 1 fully saturated rings. The van der Waals surface area contributed by atoms with Crippen LogP contribution in [0.15, 0.2) is 23.6 Å². The summed E-state index contributed by atoms with van der Waals surface area (Å²) in [6.07, 6.45) is 1.14. The standard InChI is InChI=1S/C19H23N9O8P2S2/c1-9-24-17-14(18(29)25-9)23-8-28(17)19-15-13(20)11(35-19)5-33-37(30,39)32-3-2-27-12(6-34-38(31,40)36-15)26-10-4-21-7-22-16(10)27/h4,7-8,11,13,15,19H,2-3,5-6,20H2,1H3,(H,30,39)(H,31,40)(H,24,25,29)/t11-,13-,15-,19-,37?,38?/m1/s1. The number of nitrogens with zero attached hydrogens (tertiary/aromatic N) is 7. The van der Waals surface area contributed by atoms with Gasteiger partial charge >= 0.3 is 13.4 Å². The second kappa shape index (κ2) is 10.6. The van der Waals surface area contributed by atoms with E-state index in [4.69, 9.17) is 52.2 Å². The van der Waals surface area contributed by atoms with Gasteiger partial charge in [0, 0.05) is 6.54 Å². The molecule has 0 aliphatic carbocycles. The molecule has 6 rings (SSSR count). The number of aryl methyl sites for hydroxylation is 1. The summed E-state index contributed by atoms with van der Waals surface area (Å²) in [6.45, 7) is -6.49. The Morgan fingerprint density at radius 3 is 2.80 bits per heavy atom. The van der Waals surface area contributed by atoms with E-state index in [1.165, 1.54) is 23.4 Å². The Balaban J connectivity index is 1.38. The molecule has 214 valence electrons. The van der Waals surface area contributed by atoms with Crippen LogP contribution in [0.4, 0.5) is 0 Å². The molecule has 0 aromatic carbocycles. The molecule has 21 heteroatoms. The van der Waals surface area contributed by atoms with Crippen LogP contribution in [0.1, 0.15) is 17.9 Å². The van der Waals surface area contributed by atoms with Gasteiger partial charge in [-0.25, -0.2) is 24.9 Å². The molecular weight excluding hydrogens is 608 g/mol. The van der Waals surface area contributed by atoms with Gasteiger partial charge in [-0.15, -0.1) is 0 Å². The average Bonchev–Trinajstić information content (AvgIpc) is 3.55. The second-order valence-corrected chi connectivity index (χ2v) is 14.6. The SMILES string of the molecule is Cc1nc2c(ncn2[C@@H]2O[C@@H]3COP(O)(=S)OCCn4c(nc5cncnc54)COP(O)(=S)O[C@@H]2[C@@H]3N)c(=O)[nH]1. The van der Waals surface area contributed by atoms with Gasteiger partial charge in [-0.05, 0) is 30.5 Å². The van der Waals surface area contributed by atoms with E-state index < -0.39 is 43.5 Å². The number of ether oxygens (including phenoxy) is 1. The quantitative estimate of drug-likeness (QED) is 0.201. The molecule has 0 amide bonds. The summed E-state index contributed by atoms with van der Waals surface area (Å²) in [7, 11) is 0. The molecule has 0 radical (unpaired) electrons.